The molecule has 1 heterocycles. The van der Waals surface area contributed by atoms with Crippen molar-refractivity contribution < 1.29 is 0 Å². The molecule has 1 rings (SSSR count). The fourth-order valence-corrected chi connectivity index (χ4v) is 0.882. The largest absolute Gasteiger partial charge is 0.281 e. The minimum atomic E-state index is -0.515. The third-order valence-corrected chi connectivity index (χ3v) is 2.16. The predicted molar refractivity (Wildman–Crippen MR) is 50.0 cm³/mol. The lowest BCUT2D eigenvalue weighted by molar-refractivity contribution is 0.198. The number of aryl methyl sites for hydroxylation is 1. The molecule has 0 aliphatic rings. The van der Waals surface area contributed by atoms with E-state index in [-0.39, 0.29) is 0 Å². The molecule has 0 spiro atoms. The lowest BCUT2D eigenvalue weighted by atomic mass is 10.1. The zero-order valence-corrected chi connectivity index (χ0v) is 8.89. The highest BCUT2D eigenvalue weighted by Gasteiger charge is 2.23. The van der Waals surface area contributed by atoms with Crippen LogP contribution in [0.5, 0.6) is 0 Å². The molecular formula is C8H14N6. The molecule has 0 saturated heterocycles. The number of hydrogen-bond donors (Lipinski definition) is 0. The van der Waals surface area contributed by atoms with Gasteiger partial charge >= 0.3 is 0 Å². The third kappa shape index (κ3) is 2.26. The molecule has 0 N–H and O–H groups in total. The lowest BCUT2D eigenvalue weighted by Crippen LogP contribution is -2.39. The van der Waals surface area contributed by atoms with Gasteiger partial charge in [-0.15, -0.1) is 10.2 Å². The lowest BCUT2D eigenvalue weighted by Gasteiger charge is -2.27. The van der Waals surface area contributed by atoms with Gasteiger partial charge in [0, 0.05) is 0 Å². The van der Waals surface area contributed by atoms with Crippen molar-refractivity contribution in [2.75, 3.05) is 7.05 Å². The van der Waals surface area contributed by atoms with Crippen molar-refractivity contribution in [3.8, 4) is 6.07 Å². The van der Waals surface area contributed by atoms with Gasteiger partial charge in [-0.05, 0) is 26.1 Å². The van der Waals surface area contributed by atoms with Gasteiger partial charge in [0.1, 0.15) is 5.54 Å². The number of rotatable bonds is 3. The molecule has 0 fully saturated rings. The molecular weight excluding hydrogens is 180 g/mol. The van der Waals surface area contributed by atoms with Crippen LogP contribution in [0.15, 0.2) is 0 Å². The number of hydrogen-bond acceptors (Lipinski definition) is 5. The van der Waals surface area contributed by atoms with Crippen molar-refractivity contribution in [2.24, 2.45) is 7.05 Å². The van der Waals surface area contributed by atoms with E-state index in [1.807, 2.05) is 25.8 Å². The fraction of sp³-hybridized carbons (Fsp3) is 0.750. The topological polar surface area (TPSA) is 70.6 Å². The Hall–Kier alpha value is -1.48. The summed E-state index contributed by atoms with van der Waals surface area (Å²) in [5.41, 5.74) is -0.515. The molecule has 6 heteroatoms. The molecule has 0 bridgehead atoms. The first-order valence-electron chi connectivity index (χ1n) is 4.31. The molecule has 1 aromatic rings. The smallest absolute Gasteiger partial charge is 0.188 e. The van der Waals surface area contributed by atoms with Crippen molar-refractivity contribution in [3.05, 3.63) is 5.82 Å². The predicted octanol–water partition coefficient (Wildman–Crippen LogP) is -0.0559. The summed E-state index contributed by atoms with van der Waals surface area (Å²) in [5.74, 6) is 0.623. The fourth-order valence-electron chi connectivity index (χ4n) is 0.882. The number of tetrazole rings is 1. The number of aromatic nitrogens is 4. The Labute approximate surface area is 83.1 Å². The van der Waals surface area contributed by atoms with E-state index in [1.165, 1.54) is 4.80 Å². The van der Waals surface area contributed by atoms with Crippen LogP contribution in [0.2, 0.25) is 0 Å². The summed E-state index contributed by atoms with van der Waals surface area (Å²) in [6.07, 6.45) is 0. The summed E-state index contributed by atoms with van der Waals surface area (Å²) < 4.78 is 0. The van der Waals surface area contributed by atoms with E-state index in [0.29, 0.717) is 12.4 Å². The van der Waals surface area contributed by atoms with Gasteiger partial charge in [0.05, 0.1) is 19.7 Å². The summed E-state index contributed by atoms with van der Waals surface area (Å²) in [6.45, 7) is 4.22. The molecule has 0 unspecified atom stereocenters. The van der Waals surface area contributed by atoms with Crippen molar-refractivity contribution in [1.82, 2.24) is 25.1 Å². The van der Waals surface area contributed by atoms with Crippen LogP contribution in [0.4, 0.5) is 0 Å². The average molecular weight is 194 g/mol. The van der Waals surface area contributed by atoms with Crippen molar-refractivity contribution in [1.29, 1.82) is 5.26 Å². The number of nitrogens with zero attached hydrogens (tertiary/aromatic N) is 6. The second-order valence-electron chi connectivity index (χ2n) is 3.72. The van der Waals surface area contributed by atoms with Gasteiger partial charge < -0.3 is 0 Å². The van der Waals surface area contributed by atoms with E-state index in [1.54, 1.807) is 7.05 Å². The maximum absolute atomic E-state index is 8.89. The zero-order valence-electron chi connectivity index (χ0n) is 8.89. The van der Waals surface area contributed by atoms with Crippen molar-refractivity contribution in [2.45, 2.75) is 25.9 Å². The van der Waals surface area contributed by atoms with Gasteiger partial charge in [-0.1, -0.05) is 0 Å². The molecule has 0 radical (unpaired) electrons. The summed E-state index contributed by atoms with van der Waals surface area (Å²) in [7, 11) is 3.57. The molecule has 0 aliphatic carbocycles. The zero-order chi connectivity index (χ0) is 10.8. The maximum atomic E-state index is 8.89. The van der Waals surface area contributed by atoms with E-state index in [2.05, 4.69) is 21.5 Å². The first kappa shape index (κ1) is 10.6. The molecule has 76 valence electrons. The molecule has 0 aromatic carbocycles. The first-order chi connectivity index (χ1) is 6.45. The molecule has 6 nitrogen and oxygen atoms in total. The summed E-state index contributed by atoms with van der Waals surface area (Å²) >= 11 is 0. The van der Waals surface area contributed by atoms with Crippen molar-refractivity contribution >= 4 is 0 Å². The van der Waals surface area contributed by atoms with E-state index >= 15 is 0 Å². The average Bonchev–Trinajstić information content (AvgIpc) is 2.51. The van der Waals surface area contributed by atoms with Gasteiger partial charge in [0.2, 0.25) is 0 Å². The maximum Gasteiger partial charge on any atom is 0.188 e. The highest BCUT2D eigenvalue weighted by atomic mass is 15.6. The highest BCUT2D eigenvalue weighted by molar-refractivity contribution is 5.01. The standard InChI is InChI=1S/C8H14N6/c1-8(2,6-9)13(3)5-7-10-12-14(4)11-7/h5H2,1-4H3. The van der Waals surface area contributed by atoms with Crippen LogP contribution in [0.3, 0.4) is 0 Å². The van der Waals surface area contributed by atoms with Crippen LogP contribution in [-0.4, -0.2) is 37.7 Å². The minimum Gasteiger partial charge on any atom is -0.281 e. The monoisotopic (exact) mass is 194 g/mol. The Balaban J connectivity index is 2.67. The van der Waals surface area contributed by atoms with Gasteiger partial charge in [0.15, 0.2) is 5.82 Å². The van der Waals surface area contributed by atoms with E-state index in [9.17, 15) is 0 Å². The summed E-state index contributed by atoms with van der Waals surface area (Å²) in [5, 5.41) is 20.5. The third-order valence-electron chi connectivity index (χ3n) is 2.16. The second-order valence-corrected chi connectivity index (χ2v) is 3.72. The summed E-state index contributed by atoms with van der Waals surface area (Å²) in [6, 6.07) is 2.21. The molecule has 1 aromatic heterocycles. The van der Waals surface area contributed by atoms with Crippen LogP contribution in [0, 0.1) is 11.3 Å². The van der Waals surface area contributed by atoms with E-state index in [4.69, 9.17) is 5.26 Å². The Morgan fingerprint density at radius 3 is 2.64 bits per heavy atom. The van der Waals surface area contributed by atoms with Crippen LogP contribution >= 0.6 is 0 Å². The normalized spacial score (nSPS) is 11.7. The van der Waals surface area contributed by atoms with E-state index < -0.39 is 5.54 Å². The molecule has 0 aliphatic heterocycles. The van der Waals surface area contributed by atoms with Gasteiger partial charge in [0.25, 0.3) is 0 Å². The van der Waals surface area contributed by atoms with Crippen LogP contribution in [0.25, 0.3) is 0 Å². The van der Waals surface area contributed by atoms with Crippen LogP contribution < -0.4 is 0 Å². The Bertz CT molecular complexity index is 347. The Kier molecular flexibility index (Phi) is 2.81. The SMILES string of the molecule is CN(Cc1nnn(C)n1)C(C)(C)C#N. The van der Waals surface area contributed by atoms with Crippen LogP contribution in [0.1, 0.15) is 19.7 Å². The van der Waals surface area contributed by atoms with Crippen molar-refractivity contribution in [3.63, 3.8) is 0 Å². The molecule has 0 saturated carbocycles. The second kappa shape index (κ2) is 3.72. The quantitative estimate of drug-likeness (QED) is 0.674. The Morgan fingerprint density at radius 2 is 2.21 bits per heavy atom. The van der Waals surface area contributed by atoms with Gasteiger partial charge in [-0.2, -0.15) is 10.1 Å². The van der Waals surface area contributed by atoms with Gasteiger partial charge in [-0.25, -0.2) is 0 Å². The highest BCUT2D eigenvalue weighted by Crippen LogP contribution is 2.12. The molecule has 14 heavy (non-hydrogen) atoms. The first-order valence-corrected chi connectivity index (χ1v) is 4.31. The van der Waals surface area contributed by atoms with E-state index in [0.717, 1.165) is 0 Å². The molecule has 0 amide bonds. The number of nitriles is 1. The molecule has 0 atom stereocenters. The van der Waals surface area contributed by atoms with Gasteiger partial charge in [-0.3, -0.25) is 4.90 Å². The Morgan fingerprint density at radius 1 is 1.57 bits per heavy atom. The minimum absolute atomic E-state index is 0.515. The summed E-state index contributed by atoms with van der Waals surface area (Å²) in [4.78, 5) is 3.28. The van der Waals surface area contributed by atoms with Crippen LogP contribution in [-0.2, 0) is 13.6 Å².